The van der Waals surface area contributed by atoms with Crippen LogP contribution in [0.3, 0.4) is 0 Å². The van der Waals surface area contributed by atoms with Crippen LogP contribution in [0.1, 0.15) is 37.0 Å². The second kappa shape index (κ2) is 5.78. The fourth-order valence-corrected chi connectivity index (χ4v) is 2.63. The zero-order chi connectivity index (χ0) is 14.0. The van der Waals surface area contributed by atoms with Crippen molar-refractivity contribution in [1.29, 1.82) is 0 Å². The molecule has 0 N–H and O–H groups in total. The molecule has 1 fully saturated rings. The van der Waals surface area contributed by atoms with Gasteiger partial charge in [0.2, 0.25) is 0 Å². The van der Waals surface area contributed by atoms with Crippen LogP contribution in [0.15, 0.2) is 18.2 Å². The molecule has 1 aliphatic rings. The Morgan fingerprint density at radius 2 is 2.11 bits per heavy atom. The Kier molecular flexibility index (Phi) is 4.30. The zero-order valence-electron chi connectivity index (χ0n) is 11.3. The molecule has 1 aromatic rings. The fraction of sp³-hybridized carbons (Fsp3) is 0.533. The van der Waals surface area contributed by atoms with E-state index in [0.29, 0.717) is 5.92 Å². The number of piperidine rings is 1. The van der Waals surface area contributed by atoms with Crippen LogP contribution in [0.5, 0.6) is 0 Å². The number of benzene rings is 1. The molecule has 2 rings (SSSR count). The normalized spacial score (nSPS) is 22.2. The van der Waals surface area contributed by atoms with Crippen LogP contribution in [0.2, 0.25) is 0 Å². The third-order valence-corrected chi connectivity index (χ3v) is 3.82. The number of rotatable bonds is 3. The van der Waals surface area contributed by atoms with E-state index >= 15 is 0 Å². The van der Waals surface area contributed by atoms with Gasteiger partial charge in [-0.2, -0.15) is 0 Å². The lowest BCUT2D eigenvalue weighted by Gasteiger charge is -2.34. The molecule has 1 heterocycles. The summed E-state index contributed by atoms with van der Waals surface area (Å²) in [5.41, 5.74) is 0.240. The number of likely N-dealkylation sites (tertiary alicyclic amines) is 1. The van der Waals surface area contributed by atoms with Gasteiger partial charge in [0.1, 0.15) is 0 Å². The molecule has 0 spiro atoms. The number of nitrogens with zero attached hydrogens (tertiary/aromatic N) is 1. The van der Waals surface area contributed by atoms with Gasteiger partial charge in [0.05, 0.1) is 6.04 Å². The molecule has 4 heteroatoms. The quantitative estimate of drug-likeness (QED) is 0.783. The smallest absolute Gasteiger partial charge is 0.179 e. The number of carbonyl (C=O) groups excluding carboxylic acids is 1. The van der Waals surface area contributed by atoms with E-state index in [9.17, 15) is 13.6 Å². The van der Waals surface area contributed by atoms with E-state index in [4.69, 9.17) is 0 Å². The maximum absolute atomic E-state index is 13.2. The lowest BCUT2D eigenvalue weighted by Crippen LogP contribution is -2.44. The molecular formula is C15H19F2NO. The SMILES string of the molecule is CC1CCCN(C(C)C(=O)c2ccc(F)c(F)c2)C1. The van der Waals surface area contributed by atoms with Crippen molar-refractivity contribution in [3.8, 4) is 0 Å². The number of halogens is 2. The van der Waals surface area contributed by atoms with E-state index in [1.165, 1.54) is 12.5 Å². The van der Waals surface area contributed by atoms with Crippen molar-refractivity contribution in [2.45, 2.75) is 32.7 Å². The number of hydrogen-bond acceptors (Lipinski definition) is 2. The average Bonchev–Trinajstić information content (AvgIpc) is 2.40. The molecule has 2 unspecified atom stereocenters. The Labute approximate surface area is 112 Å². The minimum Gasteiger partial charge on any atom is -0.293 e. The van der Waals surface area contributed by atoms with Crippen LogP contribution >= 0.6 is 0 Å². The first-order chi connectivity index (χ1) is 8.99. The van der Waals surface area contributed by atoms with Gasteiger partial charge in [0.25, 0.3) is 0 Å². The van der Waals surface area contributed by atoms with Crippen molar-refractivity contribution >= 4 is 5.78 Å². The van der Waals surface area contributed by atoms with E-state index in [1.54, 1.807) is 0 Å². The Balaban J connectivity index is 2.11. The third kappa shape index (κ3) is 3.18. The molecule has 1 aliphatic heterocycles. The highest BCUT2D eigenvalue weighted by Crippen LogP contribution is 2.20. The zero-order valence-corrected chi connectivity index (χ0v) is 11.3. The van der Waals surface area contributed by atoms with Gasteiger partial charge in [-0.3, -0.25) is 9.69 Å². The van der Waals surface area contributed by atoms with Crippen LogP contribution < -0.4 is 0 Å². The molecule has 1 saturated heterocycles. The van der Waals surface area contributed by atoms with Crippen LogP contribution in [0, 0.1) is 17.6 Å². The van der Waals surface area contributed by atoms with E-state index < -0.39 is 11.6 Å². The minimum atomic E-state index is -0.968. The highest BCUT2D eigenvalue weighted by Gasteiger charge is 2.26. The van der Waals surface area contributed by atoms with Crippen molar-refractivity contribution in [3.63, 3.8) is 0 Å². The summed E-state index contributed by atoms with van der Waals surface area (Å²) in [4.78, 5) is 14.4. The summed E-state index contributed by atoms with van der Waals surface area (Å²) < 4.78 is 26.0. The molecule has 0 bridgehead atoms. The number of Topliss-reactive ketones (excluding diaryl/α,β-unsaturated/α-hetero) is 1. The van der Waals surface area contributed by atoms with Gasteiger partial charge in [-0.05, 0) is 50.4 Å². The monoisotopic (exact) mass is 267 g/mol. The van der Waals surface area contributed by atoms with Crippen LogP contribution in [-0.2, 0) is 0 Å². The lowest BCUT2D eigenvalue weighted by molar-refractivity contribution is 0.0764. The number of hydrogen-bond donors (Lipinski definition) is 0. The first-order valence-corrected chi connectivity index (χ1v) is 6.72. The standard InChI is InChI=1S/C15H19F2NO/c1-10-4-3-7-18(9-10)11(2)15(19)12-5-6-13(16)14(17)8-12/h5-6,8,10-11H,3-4,7,9H2,1-2H3. The summed E-state index contributed by atoms with van der Waals surface area (Å²) in [6.45, 7) is 5.78. The molecule has 0 radical (unpaired) electrons. The minimum absolute atomic E-state index is 0.145. The summed E-state index contributed by atoms with van der Waals surface area (Å²) in [5, 5.41) is 0. The lowest BCUT2D eigenvalue weighted by atomic mass is 9.96. The molecule has 0 aliphatic carbocycles. The summed E-state index contributed by atoms with van der Waals surface area (Å²) in [6.07, 6.45) is 2.26. The van der Waals surface area contributed by atoms with Gasteiger partial charge in [-0.15, -0.1) is 0 Å². The van der Waals surface area contributed by atoms with Crippen molar-refractivity contribution in [3.05, 3.63) is 35.4 Å². The van der Waals surface area contributed by atoms with E-state index in [1.807, 2.05) is 6.92 Å². The van der Waals surface area contributed by atoms with E-state index in [0.717, 1.165) is 31.6 Å². The van der Waals surface area contributed by atoms with Gasteiger partial charge in [0.15, 0.2) is 17.4 Å². The second-order valence-electron chi connectivity index (χ2n) is 5.41. The largest absolute Gasteiger partial charge is 0.293 e. The molecule has 0 saturated carbocycles. The first-order valence-electron chi connectivity index (χ1n) is 6.72. The Hall–Kier alpha value is -1.29. The van der Waals surface area contributed by atoms with Gasteiger partial charge in [-0.1, -0.05) is 6.92 Å². The van der Waals surface area contributed by atoms with Gasteiger partial charge < -0.3 is 0 Å². The topological polar surface area (TPSA) is 20.3 Å². The molecule has 104 valence electrons. The van der Waals surface area contributed by atoms with Crippen molar-refractivity contribution in [1.82, 2.24) is 4.90 Å². The molecule has 19 heavy (non-hydrogen) atoms. The molecule has 0 aromatic heterocycles. The third-order valence-electron chi connectivity index (χ3n) is 3.82. The Bertz CT molecular complexity index is 475. The highest BCUT2D eigenvalue weighted by atomic mass is 19.2. The van der Waals surface area contributed by atoms with Crippen molar-refractivity contribution in [2.24, 2.45) is 5.92 Å². The maximum Gasteiger partial charge on any atom is 0.179 e. The Morgan fingerprint density at radius 3 is 2.74 bits per heavy atom. The summed E-state index contributed by atoms with van der Waals surface area (Å²) in [6, 6.07) is 3.06. The maximum atomic E-state index is 13.2. The molecule has 0 amide bonds. The van der Waals surface area contributed by atoms with E-state index in [2.05, 4.69) is 11.8 Å². The van der Waals surface area contributed by atoms with Gasteiger partial charge in [0, 0.05) is 12.1 Å². The molecular weight excluding hydrogens is 248 g/mol. The summed E-state index contributed by atoms with van der Waals surface area (Å²) in [5.74, 6) is -1.46. The van der Waals surface area contributed by atoms with Crippen LogP contribution in [0.25, 0.3) is 0 Å². The fourth-order valence-electron chi connectivity index (χ4n) is 2.63. The van der Waals surface area contributed by atoms with E-state index in [-0.39, 0.29) is 17.4 Å². The van der Waals surface area contributed by atoms with Crippen molar-refractivity contribution < 1.29 is 13.6 Å². The van der Waals surface area contributed by atoms with Gasteiger partial charge >= 0.3 is 0 Å². The molecule has 1 aromatic carbocycles. The Morgan fingerprint density at radius 1 is 1.37 bits per heavy atom. The van der Waals surface area contributed by atoms with Gasteiger partial charge in [-0.25, -0.2) is 8.78 Å². The summed E-state index contributed by atoms with van der Waals surface area (Å²) >= 11 is 0. The highest BCUT2D eigenvalue weighted by molar-refractivity contribution is 5.99. The average molecular weight is 267 g/mol. The van der Waals surface area contributed by atoms with Crippen LogP contribution in [0.4, 0.5) is 8.78 Å². The predicted molar refractivity (Wildman–Crippen MR) is 70.1 cm³/mol. The number of carbonyl (C=O) groups is 1. The first kappa shape index (κ1) is 14.1. The second-order valence-corrected chi connectivity index (χ2v) is 5.41. The van der Waals surface area contributed by atoms with Crippen LogP contribution in [-0.4, -0.2) is 29.8 Å². The number of ketones is 1. The summed E-state index contributed by atoms with van der Waals surface area (Å²) in [7, 11) is 0. The molecule has 2 nitrogen and oxygen atoms in total. The predicted octanol–water partition coefficient (Wildman–Crippen LogP) is 3.27. The molecule has 2 atom stereocenters. The van der Waals surface area contributed by atoms with Crippen molar-refractivity contribution in [2.75, 3.05) is 13.1 Å².